The number of ether oxygens (including phenoxy) is 4. The van der Waals surface area contributed by atoms with Crippen LogP contribution in [0.3, 0.4) is 0 Å². The number of epoxide rings is 1. The SMILES string of the molecule is COC(=O)/C=C/C1OC1CCN(c1ccc(OC)c(OC)c1)S(=O)(=O)c1ccc(C)cc1. The summed E-state index contributed by atoms with van der Waals surface area (Å²) in [7, 11) is 0.475. The van der Waals surface area contributed by atoms with Crippen LogP contribution >= 0.6 is 0 Å². The van der Waals surface area contributed by atoms with Crippen LogP contribution in [-0.2, 0) is 24.3 Å². The van der Waals surface area contributed by atoms with Gasteiger partial charge in [0.2, 0.25) is 0 Å². The molecule has 0 bridgehead atoms. The monoisotopic (exact) mass is 461 g/mol. The molecular weight excluding hydrogens is 434 g/mol. The molecule has 2 atom stereocenters. The molecule has 2 unspecified atom stereocenters. The number of carbonyl (C=O) groups is 1. The van der Waals surface area contributed by atoms with Crippen LogP contribution in [-0.4, -0.2) is 54.5 Å². The number of carbonyl (C=O) groups excluding carboxylic acids is 1. The summed E-state index contributed by atoms with van der Waals surface area (Å²) >= 11 is 0. The molecule has 1 fully saturated rings. The van der Waals surface area contributed by atoms with Gasteiger partial charge in [0.15, 0.2) is 11.5 Å². The molecule has 1 saturated heterocycles. The quantitative estimate of drug-likeness (QED) is 0.305. The average Bonchev–Trinajstić information content (AvgIpc) is 3.55. The Bertz CT molecular complexity index is 1080. The molecule has 1 aliphatic rings. The van der Waals surface area contributed by atoms with E-state index in [9.17, 15) is 13.2 Å². The molecule has 32 heavy (non-hydrogen) atoms. The standard InChI is InChI=1S/C23H27NO7S/c1-16-5-8-18(9-6-16)32(26,27)24(17-7-10-19(28-2)22(15-17)29-3)14-13-21-20(31-21)11-12-23(25)30-4/h5-12,15,20-21H,13-14H2,1-4H3/b12-11+. The first-order chi connectivity index (χ1) is 15.3. The van der Waals surface area contributed by atoms with E-state index in [4.69, 9.17) is 14.2 Å². The van der Waals surface area contributed by atoms with Crippen LogP contribution < -0.4 is 13.8 Å². The second kappa shape index (κ2) is 10.1. The van der Waals surface area contributed by atoms with Crippen LogP contribution in [0.1, 0.15) is 12.0 Å². The first-order valence-electron chi connectivity index (χ1n) is 10.0. The number of hydrogen-bond acceptors (Lipinski definition) is 7. The van der Waals surface area contributed by atoms with E-state index in [1.807, 2.05) is 6.92 Å². The number of nitrogens with zero attached hydrogens (tertiary/aromatic N) is 1. The van der Waals surface area contributed by atoms with Gasteiger partial charge in [-0.25, -0.2) is 13.2 Å². The second-order valence-electron chi connectivity index (χ2n) is 7.24. The van der Waals surface area contributed by atoms with Crippen LogP contribution in [0, 0.1) is 6.92 Å². The molecule has 0 spiro atoms. The maximum atomic E-state index is 13.5. The topological polar surface area (TPSA) is 94.7 Å². The molecule has 2 aromatic rings. The predicted molar refractivity (Wildman–Crippen MR) is 120 cm³/mol. The van der Waals surface area contributed by atoms with Crippen molar-refractivity contribution in [3.8, 4) is 11.5 Å². The Morgan fingerprint density at radius 1 is 1.06 bits per heavy atom. The van der Waals surface area contributed by atoms with Gasteiger partial charge in [0.1, 0.15) is 6.10 Å². The summed E-state index contributed by atoms with van der Waals surface area (Å²) in [5, 5.41) is 0. The highest BCUT2D eigenvalue weighted by Gasteiger charge is 2.38. The predicted octanol–water partition coefficient (Wildman–Crippen LogP) is 3.09. The molecule has 8 nitrogen and oxygen atoms in total. The fourth-order valence-corrected chi connectivity index (χ4v) is 4.72. The molecule has 1 aliphatic heterocycles. The third kappa shape index (κ3) is 5.41. The number of anilines is 1. The number of rotatable bonds is 10. The van der Waals surface area contributed by atoms with E-state index < -0.39 is 16.0 Å². The van der Waals surface area contributed by atoms with Crippen LogP contribution in [0.25, 0.3) is 0 Å². The van der Waals surface area contributed by atoms with Crippen molar-refractivity contribution in [3.63, 3.8) is 0 Å². The Balaban J connectivity index is 1.86. The highest BCUT2D eigenvalue weighted by Crippen LogP contribution is 2.35. The van der Waals surface area contributed by atoms with Crippen molar-refractivity contribution in [2.24, 2.45) is 0 Å². The smallest absolute Gasteiger partial charge is 0.330 e. The molecule has 3 rings (SSSR count). The zero-order valence-electron chi connectivity index (χ0n) is 18.5. The number of methoxy groups -OCH3 is 3. The Morgan fingerprint density at radius 2 is 1.75 bits per heavy atom. The Morgan fingerprint density at radius 3 is 2.38 bits per heavy atom. The maximum Gasteiger partial charge on any atom is 0.330 e. The molecule has 0 aromatic heterocycles. The third-order valence-electron chi connectivity index (χ3n) is 5.13. The minimum absolute atomic E-state index is 0.179. The van der Waals surface area contributed by atoms with E-state index in [0.717, 1.165) is 5.56 Å². The van der Waals surface area contributed by atoms with Gasteiger partial charge < -0.3 is 18.9 Å². The Hall–Kier alpha value is -3.04. The fourth-order valence-electron chi connectivity index (χ4n) is 3.25. The first kappa shape index (κ1) is 23.6. The van der Waals surface area contributed by atoms with Gasteiger partial charge in [0.05, 0.1) is 38.0 Å². The summed E-state index contributed by atoms with van der Waals surface area (Å²) in [6.45, 7) is 2.08. The number of aryl methyl sites for hydroxylation is 1. The number of benzene rings is 2. The molecule has 0 amide bonds. The van der Waals surface area contributed by atoms with Crippen molar-refractivity contribution in [2.45, 2.75) is 30.4 Å². The van der Waals surface area contributed by atoms with Gasteiger partial charge in [-0.3, -0.25) is 4.31 Å². The summed E-state index contributed by atoms with van der Waals surface area (Å²) < 4.78 is 49.1. The zero-order chi connectivity index (χ0) is 23.3. The lowest BCUT2D eigenvalue weighted by atomic mass is 10.2. The molecule has 0 saturated carbocycles. The second-order valence-corrected chi connectivity index (χ2v) is 9.10. The van der Waals surface area contributed by atoms with Gasteiger partial charge in [-0.2, -0.15) is 0 Å². The highest BCUT2D eigenvalue weighted by molar-refractivity contribution is 7.92. The third-order valence-corrected chi connectivity index (χ3v) is 6.97. The lowest BCUT2D eigenvalue weighted by molar-refractivity contribution is -0.134. The normalized spacial score (nSPS) is 17.8. The maximum absolute atomic E-state index is 13.5. The summed E-state index contributed by atoms with van der Waals surface area (Å²) in [6, 6.07) is 11.7. The molecule has 0 aliphatic carbocycles. The van der Waals surface area contributed by atoms with Crippen LogP contribution in [0.2, 0.25) is 0 Å². The lowest BCUT2D eigenvalue weighted by Crippen LogP contribution is -2.33. The minimum Gasteiger partial charge on any atom is -0.493 e. The molecule has 0 N–H and O–H groups in total. The van der Waals surface area contributed by atoms with Crippen molar-refractivity contribution in [1.29, 1.82) is 0 Å². The zero-order valence-corrected chi connectivity index (χ0v) is 19.3. The van der Waals surface area contributed by atoms with Gasteiger partial charge in [-0.1, -0.05) is 17.7 Å². The van der Waals surface area contributed by atoms with Gasteiger partial charge >= 0.3 is 5.97 Å². The van der Waals surface area contributed by atoms with Crippen LogP contribution in [0.15, 0.2) is 59.5 Å². The Labute approximate surface area is 188 Å². The fraction of sp³-hybridized carbons (Fsp3) is 0.348. The molecule has 1 heterocycles. The van der Waals surface area contributed by atoms with Crippen molar-refractivity contribution in [3.05, 3.63) is 60.2 Å². The molecule has 9 heteroatoms. The van der Waals surface area contributed by atoms with Crippen LogP contribution in [0.4, 0.5) is 5.69 Å². The minimum atomic E-state index is -3.84. The molecule has 0 radical (unpaired) electrons. The van der Waals surface area contributed by atoms with Crippen molar-refractivity contribution < 1.29 is 32.2 Å². The largest absolute Gasteiger partial charge is 0.493 e. The summed E-state index contributed by atoms with van der Waals surface area (Å²) in [5.74, 6) is 0.464. The van der Waals surface area contributed by atoms with E-state index in [0.29, 0.717) is 23.6 Å². The lowest BCUT2D eigenvalue weighted by Gasteiger charge is -2.25. The molecule has 172 valence electrons. The van der Waals surface area contributed by atoms with Gasteiger partial charge in [0.25, 0.3) is 10.0 Å². The highest BCUT2D eigenvalue weighted by atomic mass is 32.2. The van der Waals surface area contributed by atoms with Gasteiger partial charge in [0, 0.05) is 18.7 Å². The van der Waals surface area contributed by atoms with Crippen molar-refractivity contribution in [1.82, 2.24) is 0 Å². The van der Waals surface area contributed by atoms with E-state index in [2.05, 4.69) is 4.74 Å². The van der Waals surface area contributed by atoms with E-state index in [-0.39, 0.29) is 23.6 Å². The van der Waals surface area contributed by atoms with E-state index in [1.54, 1.807) is 48.5 Å². The number of sulfonamides is 1. The summed E-state index contributed by atoms with van der Waals surface area (Å²) in [4.78, 5) is 11.4. The molecule has 2 aromatic carbocycles. The first-order valence-corrected chi connectivity index (χ1v) is 11.5. The number of esters is 1. The summed E-state index contributed by atoms with van der Waals surface area (Å²) in [5.41, 5.74) is 1.42. The van der Waals surface area contributed by atoms with Crippen molar-refractivity contribution >= 4 is 21.7 Å². The average molecular weight is 462 g/mol. The van der Waals surface area contributed by atoms with Gasteiger partial charge in [-0.15, -0.1) is 0 Å². The Kier molecular flexibility index (Phi) is 7.42. The number of hydrogen-bond donors (Lipinski definition) is 0. The van der Waals surface area contributed by atoms with E-state index in [1.165, 1.54) is 31.7 Å². The van der Waals surface area contributed by atoms with Crippen LogP contribution in [0.5, 0.6) is 11.5 Å². The molecular formula is C23H27NO7S. The van der Waals surface area contributed by atoms with Gasteiger partial charge in [-0.05, 0) is 43.7 Å². The van der Waals surface area contributed by atoms with E-state index >= 15 is 0 Å². The van der Waals surface area contributed by atoms with Crippen molar-refractivity contribution in [2.75, 3.05) is 32.2 Å². The summed E-state index contributed by atoms with van der Waals surface area (Å²) in [6.07, 6.45) is 2.93.